The third-order valence-corrected chi connectivity index (χ3v) is 8.24. The Labute approximate surface area is 272 Å². The van der Waals surface area contributed by atoms with E-state index in [0.717, 1.165) is 0 Å². The number of cyclic esters (lactones) is 1. The molecule has 13 nitrogen and oxygen atoms in total. The van der Waals surface area contributed by atoms with Crippen LogP contribution in [0.1, 0.15) is 54.9 Å². The molecule has 2 aromatic carbocycles. The second kappa shape index (κ2) is 11.5. The van der Waals surface area contributed by atoms with Crippen molar-refractivity contribution in [3.05, 3.63) is 36.4 Å². The van der Waals surface area contributed by atoms with Gasteiger partial charge in [-0.3, -0.25) is 4.79 Å². The molecule has 250 valence electrons. The fraction of sp³-hybridized carbons (Fsp3) is 0.500. The summed E-state index contributed by atoms with van der Waals surface area (Å²) in [6.45, 7) is 12.9. The van der Waals surface area contributed by atoms with Crippen LogP contribution in [-0.2, 0) is 14.3 Å². The monoisotopic (exact) mass is 648 g/mol. The van der Waals surface area contributed by atoms with Crippen LogP contribution in [0.15, 0.2) is 36.4 Å². The van der Waals surface area contributed by atoms with Crippen molar-refractivity contribution >= 4 is 29.0 Å². The largest absolute Gasteiger partial charge is 0.493 e. The Bertz CT molecular complexity index is 1750. The number of fused-ring (bicyclic) bond motifs is 9. The quantitative estimate of drug-likeness (QED) is 0.373. The van der Waals surface area contributed by atoms with Gasteiger partial charge in [-0.05, 0) is 29.7 Å². The van der Waals surface area contributed by atoms with E-state index in [1.54, 1.807) is 52.8 Å². The van der Waals surface area contributed by atoms with Gasteiger partial charge in [0.2, 0.25) is 17.6 Å². The van der Waals surface area contributed by atoms with Gasteiger partial charge in [0.15, 0.2) is 11.5 Å². The van der Waals surface area contributed by atoms with Gasteiger partial charge >= 0.3 is 12.1 Å². The summed E-state index contributed by atoms with van der Waals surface area (Å²) in [4.78, 5) is 50.5. The Balaban J connectivity index is 1.47. The average molecular weight is 649 g/mol. The number of hydrogen-bond acceptors (Lipinski definition) is 10. The highest BCUT2D eigenvalue weighted by molar-refractivity contribution is 5.91. The SMILES string of the molecule is CC1(C)COC(=O)N[C@@H](C(C)(C)C)C(=O)N2C[C@@H](C[C@H]2C(=O)O)Oc2nc3ccc4c(c3nc2-c2cccc(c2)OC1)OC(C)(C)O4. The summed E-state index contributed by atoms with van der Waals surface area (Å²) in [6.07, 6.45) is -1.53. The Morgan fingerprint density at radius 1 is 1.02 bits per heavy atom. The van der Waals surface area contributed by atoms with E-state index in [2.05, 4.69) is 5.32 Å². The summed E-state index contributed by atoms with van der Waals surface area (Å²) in [5.74, 6) is -0.932. The fourth-order valence-electron chi connectivity index (χ4n) is 5.85. The summed E-state index contributed by atoms with van der Waals surface area (Å²) in [6, 6.07) is 8.52. The topological polar surface area (TPSA) is 159 Å². The number of nitrogens with zero attached hydrogens (tertiary/aromatic N) is 3. The molecule has 1 aromatic heterocycles. The minimum Gasteiger partial charge on any atom is -0.493 e. The van der Waals surface area contributed by atoms with E-state index in [1.165, 1.54) is 4.90 Å². The zero-order valence-corrected chi connectivity index (χ0v) is 27.6. The van der Waals surface area contributed by atoms with Gasteiger partial charge in [0, 0.05) is 31.2 Å². The van der Waals surface area contributed by atoms with Crippen molar-refractivity contribution in [1.82, 2.24) is 20.2 Å². The zero-order valence-electron chi connectivity index (χ0n) is 27.6. The minimum atomic E-state index is -1.19. The third kappa shape index (κ3) is 6.56. The number of carbonyl (C=O) groups is 3. The van der Waals surface area contributed by atoms with Crippen molar-refractivity contribution in [2.75, 3.05) is 19.8 Å². The molecule has 1 saturated heterocycles. The number of rotatable bonds is 1. The van der Waals surface area contributed by atoms with E-state index in [0.29, 0.717) is 39.5 Å². The Hall–Kier alpha value is -4.81. The molecule has 2 N–H and O–H groups in total. The van der Waals surface area contributed by atoms with Crippen LogP contribution in [0.5, 0.6) is 23.1 Å². The van der Waals surface area contributed by atoms with E-state index in [-0.39, 0.29) is 32.1 Å². The first-order valence-corrected chi connectivity index (χ1v) is 15.6. The van der Waals surface area contributed by atoms with Gasteiger partial charge in [-0.2, -0.15) is 0 Å². The van der Waals surface area contributed by atoms with Crippen LogP contribution in [-0.4, -0.2) is 81.7 Å². The lowest BCUT2D eigenvalue weighted by Gasteiger charge is -2.34. The van der Waals surface area contributed by atoms with Crippen molar-refractivity contribution in [1.29, 1.82) is 0 Å². The molecule has 3 aromatic rings. The summed E-state index contributed by atoms with van der Waals surface area (Å²) in [5.41, 5.74) is 0.598. The van der Waals surface area contributed by atoms with Crippen LogP contribution in [0.4, 0.5) is 4.79 Å². The zero-order chi connectivity index (χ0) is 33.9. The van der Waals surface area contributed by atoms with E-state index in [9.17, 15) is 19.5 Å². The summed E-state index contributed by atoms with van der Waals surface area (Å²) >= 11 is 0. The van der Waals surface area contributed by atoms with Crippen molar-refractivity contribution in [2.24, 2.45) is 10.8 Å². The highest BCUT2D eigenvalue weighted by Gasteiger charge is 2.46. The molecule has 3 aliphatic rings. The summed E-state index contributed by atoms with van der Waals surface area (Å²) in [7, 11) is 0. The van der Waals surface area contributed by atoms with E-state index in [1.807, 2.05) is 32.0 Å². The number of alkyl carbamates (subject to hydrolysis) is 1. The lowest BCUT2D eigenvalue weighted by atomic mass is 9.85. The van der Waals surface area contributed by atoms with Gasteiger partial charge in [0.25, 0.3) is 0 Å². The number of amides is 2. The number of benzene rings is 2. The van der Waals surface area contributed by atoms with Gasteiger partial charge in [0.05, 0.1) is 18.7 Å². The second-order valence-corrected chi connectivity index (χ2v) is 14.6. The standard InChI is InChI=1S/C34H40N4O9/c1-32(2,3)27-29(39)38-15-20(14-22(38)30(40)41)45-28-24(36-25-21(35-28)11-12-23-26(25)47-34(6,7)46-23)18-9-8-10-19(13-18)43-16-33(4,5)17-44-31(42)37-27/h8-13,20,22,27H,14-17H2,1-7H3,(H,37,42)(H,40,41)/t20-,22+,27-/m1/s1. The molecule has 4 heterocycles. The van der Waals surface area contributed by atoms with Crippen molar-refractivity contribution in [3.8, 4) is 34.4 Å². The van der Waals surface area contributed by atoms with Crippen LogP contribution in [0.2, 0.25) is 0 Å². The molecule has 0 aliphatic carbocycles. The molecule has 2 amide bonds. The molecule has 1 fully saturated rings. The van der Waals surface area contributed by atoms with Gasteiger partial charge in [0.1, 0.15) is 41.8 Å². The number of carbonyl (C=O) groups excluding carboxylic acids is 2. The summed E-state index contributed by atoms with van der Waals surface area (Å²) in [5, 5.41) is 12.9. The van der Waals surface area contributed by atoms with E-state index < -0.39 is 52.8 Å². The molecule has 4 bridgehead atoms. The van der Waals surface area contributed by atoms with E-state index >= 15 is 0 Å². The third-order valence-electron chi connectivity index (χ3n) is 8.24. The molecule has 6 rings (SSSR count). The molecule has 13 heteroatoms. The number of nitrogens with one attached hydrogen (secondary N) is 1. The van der Waals surface area contributed by atoms with Crippen molar-refractivity contribution < 1.29 is 43.2 Å². The number of hydrogen-bond donors (Lipinski definition) is 2. The first-order chi connectivity index (χ1) is 22.0. The molecule has 3 atom stereocenters. The van der Waals surface area contributed by atoms with Gasteiger partial charge in [-0.1, -0.05) is 46.8 Å². The normalized spacial score (nSPS) is 23.8. The maximum atomic E-state index is 14.0. The number of ether oxygens (including phenoxy) is 5. The first-order valence-electron chi connectivity index (χ1n) is 15.6. The molecule has 0 unspecified atom stereocenters. The minimum absolute atomic E-state index is 0.00475. The maximum absolute atomic E-state index is 14.0. The van der Waals surface area contributed by atoms with Gasteiger partial charge in [-0.25, -0.2) is 19.6 Å². The van der Waals surface area contributed by atoms with E-state index in [4.69, 9.17) is 33.7 Å². The maximum Gasteiger partial charge on any atom is 0.407 e. The summed E-state index contributed by atoms with van der Waals surface area (Å²) < 4.78 is 30.2. The van der Waals surface area contributed by atoms with Crippen LogP contribution in [0.3, 0.4) is 0 Å². The average Bonchev–Trinajstić information content (AvgIpc) is 3.56. The molecule has 47 heavy (non-hydrogen) atoms. The Morgan fingerprint density at radius 3 is 2.49 bits per heavy atom. The highest BCUT2D eigenvalue weighted by atomic mass is 16.7. The number of aromatic nitrogens is 2. The predicted molar refractivity (Wildman–Crippen MR) is 169 cm³/mol. The molecule has 3 aliphatic heterocycles. The fourth-order valence-corrected chi connectivity index (χ4v) is 5.85. The lowest BCUT2D eigenvalue weighted by Crippen LogP contribution is -2.57. The van der Waals surface area contributed by atoms with Crippen LogP contribution >= 0.6 is 0 Å². The predicted octanol–water partition coefficient (Wildman–Crippen LogP) is 4.80. The molecular weight excluding hydrogens is 608 g/mol. The van der Waals surface area contributed by atoms with Crippen LogP contribution < -0.4 is 24.3 Å². The number of carboxylic acids is 1. The molecule has 0 saturated carbocycles. The van der Waals surface area contributed by atoms with Gasteiger partial charge in [-0.15, -0.1) is 0 Å². The number of aliphatic carboxylic acids is 1. The van der Waals surface area contributed by atoms with Crippen molar-refractivity contribution in [2.45, 2.75) is 78.9 Å². The lowest BCUT2D eigenvalue weighted by molar-refractivity contribution is -0.150. The van der Waals surface area contributed by atoms with Crippen LogP contribution in [0.25, 0.3) is 22.3 Å². The smallest absolute Gasteiger partial charge is 0.407 e. The van der Waals surface area contributed by atoms with Crippen molar-refractivity contribution in [3.63, 3.8) is 0 Å². The van der Waals surface area contributed by atoms with Gasteiger partial charge < -0.3 is 39.0 Å². The second-order valence-electron chi connectivity index (χ2n) is 14.6. The highest BCUT2D eigenvalue weighted by Crippen LogP contribution is 2.45. The number of carboxylic acid groups (broad SMARTS) is 1. The molecular formula is C34H40N4O9. The first kappa shape index (κ1) is 32.1. The van der Waals surface area contributed by atoms with Crippen LogP contribution in [0, 0.1) is 10.8 Å². The molecule has 0 radical (unpaired) electrons. The molecule has 0 spiro atoms. The Kier molecular flexibility index (Phi) is 7.84. The Morgan fingerprint density at radius 2 is 1.77 bits per heavy atom.